The Morgan fingerprint density at radius 3 is 2.75 bits per heavy atom. The zero-order valence-corrected chi connectivity index (χ0v) is 11.4. The molecule has 0 spiro atoms. The molecule has 20 heavy (non-hydrogen) atoms. The van der Waals surface area contributed by atoms with E-state index in [9.17, 15) is 14.3 Å². The number of amides is 1. The zero-order chi connectivity index (χ0) is 15.3. The highest BCUT2D eigenvalue weighted by atomic mass is 19.1. The van der Waals surface area contributed by atoms with E-state index in [-0.39, 0.29) is 11.6 Å². The molecule has 0 bridgehead atoms. The van der Waals surface area contributed by atoms with E-state index in [0.29, 0.717) is 17.8 Å². The number of nitrogens with two attached hydrogens (primary N) is 1. The summed E-state index contributed by atoms with van der Waals surface area (Å²) in [5.74, 6) is -0.921. The molecule has 0 heterocycles. The maximum atomic E-state index is 13.4. The average molecular weight is 281 g/mol. The van der Waals surface area contributed by atoms with Crippen LogP contribution in [-0.2, 0) is 4.79 Å². The lowest BCUT2D eigenvalue weighted by Crippen LogP contribution is -2.22. The zero-order valence-electron chi connectivity index (χ0n) is 11.4. The monoisotopic (exact) mass is 281 g/mol. The van der Waals surface area contributed by atoms with E-state index in [4.69, 9.17) is 10.5 Å². The number of nitrogens with zero attached hydrogens (tertiary/aromatic N) is 2. The topological polar surface area (TPSA) is 88.2 Å². The molecule has 0 aromatic heterocycles. The van der Waals surface area contributed by atoms with Crippen molar-refractivity contribution in [3.8, 4) is 11.5 Å². The Labute approximate surface area is 116 Å². The number of phenolic OH excluding ortho intramolecular Hbond substituents is 1. The first-order valence-electron chi connectivity index (χ1n) is 5.66. The molecule has 1 amide bonds. The average Bonchev–Trinajstić information content (AvgIpc) is 2.41. The molecule has 0 saturated heterocycles. The van der Waals surface area contributed by atoms with Gasteiger partial charge < -0.3 is 20.5 Å². The van der Waals surface area contributed by atoms with Gasteiger partial charge in [0.2, 0.25) is 6.41 Å². The SMILES string of the molecule is COc1cc(/C=C(/N)N=C(C)N(C)C=O)cc(F)c1O. The Morgan fingerprint density at radius 2 is 2.20 bits per heavy atom. The lowest BCUT2D eigenvalue weighted by Gasteiger charge is -2.09. The molecule has 0 aliphatic rings. The van der Waals surface area contributed by atoms with Crippen LogP contribution in [0.2, 0.25) is 0 Å². The number of benzene rings is 1. The highest BCUT2D eigenvalue weighted by molar-refractivity contribution is 5.89. The van der Waals surface area contributed by atoms with E-state index in [1.54, 1.807) is 6.92 Å². The molecule has 1 aromatic carbocycles. The molecule has 0 aliphatic heterocycles. The molecule has 0 fully saturated rings. The predicted octanol–water partition coefficient (Wildman–Crippen LogP) is 1.30. The third-order valence-electron chi connectivity index (χ3n) is 2.54. The van der Waals surface area contributed by atoms with Gasteiger partial charge >= 0.3 is 0 Å². The number of phenols is 1. The van der Waals surface area contributed by atoms with Crippen LogP contribution in [0.3, 0.4) is 0 Å². The number of hydrogen-bond donors (Lipinski definition) is 2. The summed E-state index contributed by atoms with van der Waals surface area (Å²) in [4.78, 5) is 15.8. The predicted molar refractivity (Wildman–Crippen MR) is 73.7 cm³/mol. The first-order valence-corrected chi connectivity index (χ1v) is 5.66. The first-order chi connectivity index (χ1) is 9.38. The second kappa shape index (κ2) is 6.55. The Kier molecular flexibility index (Phi) is 5.08. The van der Waals surface area contributed by atoms with Crippen molar-refractivity contribution in [1.29, 1.82) is 0 Å². The minimum absolute atomic E-state index is 0.00485. The number of rotatable bonds is 4. The maximum Gasteiger partial charge on any atom is 0.214 e. The molecule has 7 heteroatoms. The summed E-state index contributed by atoms with van der Waals surface area (Å²) in [6.45, 7) is 1.60. The number of carbonyl (C=O) groups excluding carboxylic acids is 1. The van der Waals surface area contributed by atoms with Gasteiger partial charge in [0.25, 0.3) is 0 Å². The second-order valence-electron chi connectivity index (χ2n) is 4.00. The van der Waals surface area contributed by atoms with Gasteiger partial charge in [0.15, 0.2) is 17.3 Å². The standard InChI is InChI=1S/C13H16FN3O3/c1-8(17(2)7-18)16-12(15)6-9-4-10(14)13(19)11(5-9)20-3/h4-7,19H,15H2,1-3H3/b12-6-,16-8?. The van der Waals surface area contributed by atoms with Gasteiger partial charge in [0.05, 0.1) is 7.11 Å². The number of halogens is 1. The van der Waals surface area contributed by atoms with E-state index in [2.05, 4.69) is 4.99 Å². The van der Waals surface area contributed by atoms with Crippen molar-refractivity contribution in [2.45, 2.75) is 6.92 Å². The van der Waals surface area contributed by atoms with Crippen molar-refractivity contribution in [3.63, 3.8) is 0 Å². The van der Waals surface area contributed by atoms with E-state index in [1.807, 2.05) is 0 Å². The summed E-state index contributed by atoms with van der Waals surface area (Å²) < 4.78 is 18.3. The summed E-state index contributed by atoms with van der Waals surface area (Å²) in [5, 5.41) is 9.38. The molecular formula is C13H16FN3O3. The summed E-state index contributed by atoms with van der Waals surface area (Å²) in [6, 6.07) is 2.51. The number of amidine groups is 1. The number of aliphatic imine (C=N–C) groups is 1. The van der Waals surface area contributed by atoms with E-state index in [0.717, 1.165) is 6.07 Å². The highest BCUT2D eigenvalue weighted by Crippen LogP contribution is 2.30. The summed E-state index contributed by atoms with van der Waals surface area (Å²) in [7, 11) is 2.84. The molecule has 0 atom stereocenters. The van der Waals surface area contributed by atoms with Gasteiger partial charge in [0.1, 0.15) is 11.7 Å². The van der Waals surface area contributed by atoms with Crippen molar-refractivity contribution in [2.75, 3.05) is 14.2 Å². The Morgan fingerprint density at radius 1 is 1.55 bits per heavy atom. The fourth-order valence-electron chi connectivity index (χ4n) is 1.38. The number of ether oxygens (including phenoxy) is 1. The highest BCUT2D eigenvalue weighted by Gasteiger charge is 2.09. The largest absolute Gasteiger partial charge is 0.502 e. The van der Waals surface area contributed by atoms with Crippen LogP contribution in [0.4, 0.5) is 4.39 Å². The third kappa shape index (κ3) is 3.71. The van der Waals surface area contributed by atoms with Crippen molar-refractivity contribution < 1.29 is 19.0 Å². The minimum atomic E-state index is -0.825. The van der Waals surface area contributed by atoms with Crippen molar-refractivity contribution >= 4 is 18.3 Å². The first kappa shape index (κ1) is 15.5. The lowest BCUT2D eigenvalue weighted by molar-refractivity contribution is -0.114. The van der Waals surface area contributed by atoms with Crippen molar-refractivity contribution in [1.82, 2.24) is 4.90 Å². The van der Waals surface area contributed by atoms with Crippen molar-refractivity contribution in [2.24, 2.45) is 10.7 Å². The van der Waals surface area contributed by atoms with Crippen LogP contribution in [-0.4, -0.2) is 36.4 Å². The van der Waals surface area contributed by atoms with Crippen LogP contribution >= 0.6 is 0 Å². The maximum absolute atomic E-state index is 13.4. The van der Waals surface area contributed by atoms with Crippen LogP contribution in [0.5, 0.6) is 11.5 Å². The number of methoxy groups -OCH3 is 1. The Hall–Kier alpha value is -2.57. The molecule has 0 saturated carbocycles. The number of aromatic hydroxyl groups is 1. The van der Waals surface area contributed by atoms with Gasteiger partial charge in [-0.2, -0.15) is 0 Å². The summed E-state index contributed by atoms with van der Waals surface area (Å²) in [6.07, 6.45) is 1.99. The molecular weight excluding hydrogens is 265 g/mol. The smallest absolute Gasteiger partial charge is 0.214 e. The van der Waals surface area contributed by atoms with Gasteiger partial charge in [-0.15, -0.1) is 0 Å². The Balaban J connectivity index is 3.11. The molecule has 0 unspecified atom stereocenters. The van der Waals surface area contributed by atoms with Crippen molar-refractivity contribution in [3.05, 3.63) is 29.3 Å². The molecule has 0 radical (unpaired) electrons. The third-order valence-corrected chi connectivity index (χ3v) is 2.54. The van der Waals surface area contributed by atoms with E-state index < -0.39 is 11.6 Å². The molecule has 1 rings (SSSR count). The fraction of sp³-hybridized carbons (Fsp3) is 0.231. The van der Waals surface area contributed by atoms with Gasteiger partial charge in [0, 0.05) is 7.05 Å². The van der Waals surface area contributed by atoms with Crippen LogP contribution in [0.1, 0.15) is 12.5 Å². The second-order valence-corrected chi connectivity index (χ2v) is 4.00. The van der Waals surface area contributed by atoms with Crippen LogP contribution in [0.25, 0.3) is 6.08 Å². The summed E-state index contributed by atoms with van der Waals surface area (Å²) in [5.41, 5.74) is 6.06. The summed E-state index contributed by atoms with van der Waals surface area (Å²) >= 11 is 0. The molecule has 108 valence electrons. The lowest BCUT2D eigenvalue weighted by atomic mass is 10.2. The minimum Gasteiger partial charge on any atom is -0.502 e. The molecule has 0 aliphatic carbocycles. The van der Waals surface area contributed by atoms with E-state index in [1.165, 1.54) is 31.2 Å². The van der Waals surface area contributed by atoms with Gasteiger partial charge in [-0.1, -0.05) is 0 Å². The van der Waals surface area contributed by atoms with Gasteiger partial charge in [-0.3, -0.25) is 4.79 Å². The molecule has 3 N–H and O–H groups in total. The number of carbonyl (C=O) groups is 1. The van der Waals surface area contributed by atoms with Crippen LogP contribution < -0.4 is 10.5 Å². The normalized spacial score (nSPS) is 12.2. The van der Waals surface area contributed by atoms with Gasteiger partial charge in [-0.25, -0.2) is 9.38 Å². The van der Waals surface area contributed by atoms with E-state index >= 15 is 0 Å². The fourth-order valence-corrected chi connectivity index (χ4v) is 1.38. The quantitative estimate of drug-likeness (QED) is 0.494. The molecule has 6 nitrogen and oxygen atoms in total. The van der Waals surface area contributed by atoms with Crippen LogP contribution in [0, 0.1) is 5.82 Å². The number of hydrogen-bond acceptors (Lipinski definition) is 5. The Bertz CT molecular complexity index is 570. The van der Waals surface area contributed by atoms with Gasteiger partial charge in [-0.05, 0) is 30.7 Å². The molecule has 1 aromatic rings. The van der Waals surface area contributed by atoms with Crippen LogP contribution in [0.15, 0.2) is 22.9 Å².